The van der Waals surface area contributed by atoms with Gasteiger partial charge in [-0.2, -0.15) is 9.97 Å². The first kappa shape index (κ1) is 10.9. The van der Waals surface area contributed by atoms with E-state index < -0.39 is 4.92 Å². The van der Waals surface area contributed by atoms with Crippen LogP contribution in [0.15, 0.2) is 36.7 Å². The van der Waals surface area contributed by atoms with Gasteiger partial charge >= 0.3 is 11.7 Å². The summed E-state index contributed by atoms with van der Waals surface area (Å²) in [6, 6.07) is 5.21. The highest BCUT2D eigenvalue weighted by molar-refractivity contribution is 5.27. The van der Waals surface area contributed by atoms with Crippen LogP contribution in [0.2, 0.25) is 0 Å². The van der Waals surface area contributed by atoms with Crippen LogP contribution in [0.25, 0.3) is 0 Å². The van der Waals surface area contributed by atoms with Gasteiger partial charge in [-0.1, -0.05) is 0 Å². The molecule has 6 nitrogen and oxygen atoms in total. The van der Waals surface area contributed by atoms with Crippen molar-refractivity contribution in [1.29, 1.82) is 0 Å². The average molecular weight is 235 g/mol. The molecule has 0 radical (unpaired) electrons. The van der Waals surface area contributed by atoms with Crippen LogP contribution in [0.4, 0.5) is 10.1 Å². The molecule has 0 atom stereocenters. The monoisotopic (exact) mass is 235 g/mol. The molecule has 86 valence electrons. The third-order valence-corrected chi connectivity index (χ3v) is 1.85. The highest BCUT2D eigenvalue weighted by Crippen LogP contribution is 2.18. The van der Waals surface area contributed by atoms with E-state index in [-0.39, 0.29) is 17.5 Å². The van der Waals surface area contributed by atoms with Gasteiger partial charge in [0.25, 0.3) is 0 Å². The molecule has 0 saturated heterocycles. The van der Waals surface area contributed by atoms with Crippen LogP contribution in [-0.2, 0) is 0 Å². The predicted molar refractivity (Wildman–Crippen MR) is 55.2 cm³/mol. The van der Waals surface area contributed by atoms with Gasteiger partial charge in [0.05, 0.1) is 4.92 Å². The molecule has 0 unspecified atom stereocenters. The fourth-order valence-electron chi connectivity index (χ4n) is 1.06. The van der Waals surface area contributed by atoms with E-state index in [9.17, 15) is 14.5 Å². The Hall–Kier alpha value is -2.57. The summed E-state index contributed by atoms with van der Waals surface area (Å²) in [4.78, 5) is 17.0. The van der Waals surface area contributed by atoms with Crippen molar-refractivity contribution in [3.05, 3.63) is 52.6 Å². The summed E-state index contributed by atoms with van der Waals surface area (Å²) in [6.07, 6.45) is 2.07. The van der Waals surface area contributed by atoms with Gasteiger partial charge in [0, 0.05) is 0 Å². The second-order valence-corrected chi connectivity index (χ2v) is 3.04. The maximum atomic E-state index is 12.6. The Kier molecular flexibility index (Phi) is 2.91. The Labute approximate surface area is 94.9 Å². The maximum Gasteiger partial charge on any atom is 0.322 e. The summed E-state index contributed by atoms with van der Waals surface area (Å²) >= 11 is 0. The van der Waals surface area contributed by atoms with Crippen LogP contribution in [0.5, 0.6) is 11.8 Å². The second kappa shape index (κ2) is 4.52. The molecule has 0 aliphatic carbocycles. The lowest BCUT2D eigenvalue weighted by Gasteiger charge is -2.02. The number of rotatable bonds is 3. The third kappa shape index (κ3) is 2.71. The fraction of sp³-hybridized carbons (Fsp3) is 0. The van der Waals surface area contributed by atoms with Gasteiger partial charge in [-0.3, -0.25) is 10.1 Å². The average Bonchev–Trinajstić information content (AvgIpc) is 2.33. The number of benzene rings is 1. The molecule has 0 bridgehead atoms. The molecule has 0 fully saturated rings. The van der Waals surface area contributed by atoms with Crippen LogP contribution < -0.4 is 4.74 Å². The van der Waals surface area contributed by atoms with E-state index in [4.69, 9.17) is 4.74 Å². The van der Waals surface area contributed by atoms with E-state index in [0.717, 1.165) is 12.4 Å². The van der Waals surface area contributed by atoms with Gasteiger partial charge in [-0.15, -0.1) is 0 Å². The molecular formula is C10H6FN3O3. The molecule has 7 heteroatoms. The summed E-state index contributed by atoms with van der Waals surface area (Å²) in [5.74, 6) is -0.0396. The lowest BCUT2D eigenvalue weighted by molar-refractivity contribution is -0.385. The molecule has 2 aromatic rings. The van der Waals surface area contributed by atoms with Gasteiger partial charge in [-0.25, -0.2) is 4.39 Å². The minimum Gasteiger partial charge on any atom is -0.424 e. The zero-order valence-corrected chi connectivity index (χ0v) is 8.41. The van der Waals surface area contributed by atoms with Crippen molar-refractivity contribution in [2.24, 2.45) is 0 Å². The van der Waals surface area contributed by atoms with Crippen LogP contribution >= 0.6 is 0 Å². The van der Waals surface area contributed by atoms with Crippen LogP contribution in [-0.4, -0.2) is 14.9 Å². The predicted octanol–water partition coefficient (Wildman–Crippen LogP) is 2.32. The molecule has 0 saturated carbocycles. The lowest BCUT2D eigenvalue weighted by atomic mass is 10.3. The Morgan fingerprint density at radius 3 is 2.29 bits per heavy atom. The van der Waals surface area contributed by atoms with E-state index in [1.165, 1.54) is 24.3 Å². The van der Waals surface area contributed by atoms with Gasteiger partial charge in [-0.05, 0) is 24.3 Å². The van der Waals surface area contributed by atoms with Crippen LogP contribution in [0.1, 0.15) is 0 Å². The molecule has 1 aromatic heterocycles. The number of nitrogens with zero attached hydrogens (tertiary/aromatic N) is 3. The fourth-order valence-corrected chi connectivity index (χ4v) is 1.06. The molecule has 0 aliphatic heterocycles. The number of hydrogen-bond donors (Lipinski definition) is 0. The minimum absolute atomic E-state index is 0.0396. The molecule has 0 aliphatic rings. The molecule has 1 heterocycles. The Balaban J connectivity index is 2.13. The second-order valence-electron chi connectivity index (χ2n) is 3.04. The molecule has 0 amide bonds. The van der Waals surface area contributed by atoms with E-state index in [0.29, 0.717) is 5.75 Å². The number of halogens is 1. The summed E-state index contributed by atoms with van der Waals surface area (Å²) < 4.78 is 17.8. The number of nitro groups is 1. The van der Waals surface area contributed by atoms with Crippen molar-refractivity contribution in [2.75, 3.05) is 0 Å². The normalized spacial score (nSPS) is 9.94. The van der Waals surface area contributed by atoms with E-state index in [1.54, 1.807) is 0 Å². The molecule has 2 rings (SSSR count). The molecule has 0 N–H and O–H groups in total. The Bertz CT molecular complexity index is 527. The van der Waals surface area contributed by atoms with E-state index >= 15 is 0 Å². The molecule has 1 aromatic carbocycles. The van der Waals surface area contributed by atoms with Crippen molar-refractivity contribution < 1.29 is 14.1 Å². The smallest absolute Gasteiger partial charge is 0.322 e. The van der Waals surface area contributed by atoms with Gasteiger partial charge < -0.3 is 4.74 Å². The van der Waals surface area contributed by atoms with Crippen LogP contribution in [0.3, 0.4) is 0 Å². The highest BCUT2D eigenvalue weighted by atomic mass is 19.1. The number of hydrogen-bond acceptors (Lipinski definition) is 5. The molecular weight excluding hydrogens is 229 g/mol. The van der Waals surface area contributed by atoms with Gasteiger partial charge in [0.15, 0.2) is 0 Å². The molecule has 17 heavy (non-hydrogen) atoms. The third-order valence-electron chi connectivity index (χ3n) is 1.85. The standard InChI is InChI=1S/C10H6FN3O3/c11-7-1-3-9(4-2-7)17-10-12-5-8(6-13-10)14(15)16/h1-6H. The van der Waals surface area contributed by atoms with Crippen molar-refractivity contribution in [3.8, 4) is 11.8 Å². The van der Waals surface area contributed by atoms with Gasteiger partial charge in [0.2, 0.25) is 0 Å². The summed E-state index contributed by atoms with van der Waals surface area (Å²) in [5.41, 5.74) is -0.226. The largest absolute Gasteiger partial charge is 0.424 e. The van der Waals surface area contributed by atoms with E-state index in [1.807, 2.05) is 0 Å². The zero-order valence-electron chi connectivity index (χ0n) is 8.41. The first-order chi connectivity index (χ1) is 8.15. The number of aromatic nitrogens is 2. The minimum atomic E-state index is -0.609. The topological polar surface area (TPSA) is 78.2 Å². The summed E-state index contributed by atoms with van der Waals surface area (Å²) in [7, 11) is 0. The van der Waals surface area contributed by atoms with Crippen molar-refractivity contribution >= 4 is 5.69 Å². The SMILES string of the molecule is O=[N+]([O-])c1cnc(Oc2ccc(F)cc2)nc1. The Morgan fingerprint density at radius 1 is 1.18 bits per heavy atom. The van der Waals surface area contributed by atoms with Crippen molar-refractivity contribution in [2.45, 2.75) is 0 Å². The zero-order chi connectivity index (χ0) is 12.3. The number of ether oxygens (including phenoxy) is 1. The highest BCUT2D eigenvalue weighted by Gasteiger charge is 2.07. The summed E-state index contributed by atoms with van der Waals surface area (Å²) in [6.45, 7) is 0. The summed E-state index contributed by atoms with van der Waals surface area (Å²) in [5, 5.41) is 10.4. The van der Waals surface area contributed by atoms with Crippen molar-refractivity contribution in [3.63, 3.8) is 0 Å². The maximum absolute atomic E-state index is 12.6. The molecule has 0 spiro atoms. The van der Waals surface area contributed by atoms with Crippen LogP contribution in [0, 0.1) is 15.9 Å². The first-order valence-electron chi connectivity index (χ1n) is 4.55. The van der Waals surface area contributed by atoms with E-state index in [2.05, 4.69) is 9.97 Å². The lowest BCUT2D eigenvalue weighted by Crippen LogP contribution is -1.94. The van der Waals surface area contributed by atoms with Gasteiger partial charge in [0.1, 0.15) is 24.0 Å². The quantitative estimate of drug-likeness (QED) is 0.602. The Morgan fingerprint density at radius 2 is 1.76 bits per heavy atom. The van der Waals surface area contributed by atoms with Crippen molar-refractivity contribution in [1.82, 2.24) is 9.97 Å². The first-order valence-corrected chi connectivity index (χ1v) is 4.55.